The van der Waals surface area contributed by atoms with E-state index in [4.69, 9.17) is 4.52 Å². The number of hydrogen-bond acceptors (Lipinski definition) is 2. The van der Waals surface area contributed by atoms with Gasteiger partial charge in [-0.15, -0.1) is 0 Å². The monoisotopic (exact) mass is 446 g/mol. The Morgan fingerprint density at radius 1 is 0.800 bits per heavy atom. The molecule has 0 fully saturated rings. The van der Waals surface area contributed by atoms with Crippen molar-refractivity contribution < 1.29 is 18.5 Å². The molecule has 2 unspecified atom stereocenters. The van der Waals surface area contributed by atoms with Crippen LogP contribution in [0.3, 0.4) is 0 Å². The summed E-state index contributed by atoms with van der Waals surface area (Å²) in [7, 11) is 2.31. The lowest BCUT2D eigenvalue weighted by molar-refractivity contribution is -0.883. The molecule has 0 rings (SSSR count). The van der Waals surface area contributed by atoms with Crippen LogP contribution in [0.2, 0.25) is 0 Å². The normalized spacial score (nSPS) is 15.5. The zero-order valence-electron chi connectivity index (χ0n) is 20.9. The lowest BCUT2D eigenvalue weighted by Gasteiger charge is -2.35. The Labute approximate surface area is 188 Å². The molecule has 0 amide bonds. The first kappa shape index (κ1) is 29.9. The Balaban J connectivity index is 3.44. The van der Waals surface area contributed by atoms with Gasteiger partial charge < -0.3 is 13.9 Å². The third-order valence-electron chi connectivity index (χ3n) is 5.91. The van der Waals surface area contributed by atoms with E-state index in [1.54, 1.807) is 0 Å². The molecule has 1 N–H and O–H groups in total. The van der Waals surface area contributed by atoms with Gasteiger partial charge in [-0.25, -0.2) is 0 Å². The number of hydrogen-bond donors (Lipinski definition) is 1. The van der Waals surface area contributed by atoms with Crippen molar-refractivity contribution in [3.8, 4) is 0 Å². The fourth-order valence-corrected chi connectivity index (χ4v) is 6.05. The third-order valence-corrected chi connectivity index (χ3v) is 8.28. The summed E-state index contributed by atoms with van der Waals surface area (Å²) in [5.41, 5.74) is 0. The van der Waals surface area contributed by atoms with E-state index in [0.29, 0.717) is 17.5 Å². The van der Waals surface area contributed by atoms with Crippen LogP contribution in [0.4, 0.5) is 0 Å². The summed E-state index contributed by atoms with van der Waals surface area (Å²) in [4.78, 5) is 10.3. The Kier molecular flexibility index (Phi) is 18.3. The number of allylic oxidation sites excluding steroid dienone is 2. The minimum absolute atomic E-state index is 0.347. The first-order valence-electron chi connectivity index (χ1n) is 12.6. The predicted octanol–water partition coefficient (Wildman–Crippen LogP) is 8.06. The van der Waals surface area contributed by atoms with Crippen molar-refractivity contribution in [1.82, 2.24) is 0 Å². The van der Waals surface area contributed by atoms with Gasteiger partial charge in [-0.05, 0) is 26.2 Å². The molecule has 0 aliphatic heterocycles. The highest BCUT2D eigenvalue weighted by molar-refractivity contribution is 7.53. The Hall–Kier alpha value is -0.150. The molecule has 0 radical (unpaired) electrons. The van der Waals surface area contributed by atoms with Crippen molar-refractivity contribution in [1.29, 1.82) is 0 Å². The largest absolute Gasteiger partial charge is 0.385 e. The van der Waals surface area contributed by atoms with E-state index in [0.717, 1.165) is 12.8 Å². The van der Waals surface area contributed by atoms with E-state index in [2.05, 4.69) is 19.1 Å². The highest BCUT2D eigenvalue weighted by atomic mass is 31.2. The van der Waals surface area contributed by atoms with Gasteiger partial charge in [0, 0.05) is 6.42 Å². The molecule has 0 aromatic carbocycles. The van der Waals surface area contributed by atoms with Crippen LogP contribution >= 0.6 is 7.60 Å². The van der Waals surface area contributed by atoms with E-state index in [1.807, 2.05) is 28.1 Å². The second-order valence-electron chi connectivity index (χ2n) is 9.71. The molecule has 0 bridgehead atoms. The van der Waals surface area contributed by atoms with Gasteiger partial charge in [-0.3, -0.25) is 4.57 Å². The fourth-order valence-electron chi connectivity index (χ4n) is 4.15. The zero-order valence-corrected chi connectivity index (χ0v) is 21.8. The van der Waals surface area contributed by atoms with E-state index in [9.17, 15) is 9.46 Å². The van der Waals surface area contributed by atoms with Crippen LogP contribution < -0.4 is 0 Å². The lowest BCUT2D eigenvalue weighted by Crippen LogP contribution is -2.44. The van der Waals surface area contributed by atoms with Crippen molar-refractivity contribution in [3.63, 3.8) is 0 Å². The van der Waals surface area contributed by atoms with E-state index in [1.165, 1.54) is 83.5 Å². The molecule has 0 aromatic rings. The second kappa shape index (κ2) is 18.4. The summed E-state index contributed by atoms with van der Waals surface area (Å²) < 4.78 is 18.4. The van der Waals surface area contributed by atoms with Crippen molar-refractivity contribution in [2.75, 3.05) is 27.7 Å². The Bertz CT molecular complexity index is 460. The molecule has 0 saturated carbocycles. The number of rotatable bonds is 21. The van der Waals surface area contributed by atoms with Gasteiger partial charge >= 0.3 is 7.60 Å². The van der Waals surface area contributed by atoms with E-state index >= 15 is 0 Å². The average molecular weight is 447 g/mol. The van der Waals surface area contributed by atoms with Gasteiger partial charge in [0.05, 0.1) is 27.7 Å². The molecule has 30 heavy (non-hydrogen) atoms. The quantitative estimate of drug-likeness (QED) is 0.0839. The molecule has 5 heteroatoms. The van der Waals surface area contributed by atoms with Crippen molar-refractivity contribution >= 4 is 7.60 Å². The van der Waals surface area contributed by atoms with Crippen molar-refractivity contribution in [2.24, 2.45) is 0 Å². The maximum absolute atomic E-state index is 12.5. The van der Waals surface area contributed by atoms with Gasteiger partial charge in [-0.1, -0.05) is 96.1 Å². The summed E-state index contributed by atoms with van der Waals surface area (Å²) in [5.74, 6) is -0.347. The highest BCUT2D eigenvalue weighted by Gasteiger charge is 2.41. The molecule has 0 aliphatic rings. The second-order valence-corrected chi connectivity index (χ2v) is 11.7. The van der Waals surface area contributed by atoms with Gasteiger partial charge in [-0.2, -0.15) is 0 Å². The summed E-state index contributed by atoms with van der Waals surface area (Å²) in [5, 5.41) is 0. The summed E-state index contributed by atoms with van der Waals surface area (Å²) in [6.07, 6.45) is 24.6. The number of nitrogens with zero attached hydrogens (tertiary/aromatic N) is 1. The predicted molar refractivity (Wildman–Crippen MR) is 132 cm³/mol. The first-order valence-corrected chi connectivity index (χ1v) is 14.3. The first-order chi connectivity index (χ1) is 14.3. The van der Waals surface area contributed by atoms with Crippen LogP contribution in [0.25, 0.3) is 0 Å². The molecule has 2 atom stereocenters. The molecule has 4 nitrogen and oxygen atoms in total. The Morgan fingerprint density at radius 2 is 1.20 bits per heavy atom. The van der Waals surface area contributed by atoms with E-state index in [-0.39, 0.29) is 5.78 Å². The highest BCUT2D eigenvalue weighted by Crippen LogP contribution is 2.51. The number of unbranched alkanes of at least 4 members (excludes halogenated alkanes) is 14. The molecular formula is C25H53NO3P+. The van der Waals surface area contributed by atoms with Gasteiger partial charge in [0.1, 0.15) is 0 Å². The molecular weight excluding hydrogens is 393 g/mol. The molecule has 0 aromatic heterocycles. The smallest absolute Gasteiger partial charge is 0.320 e. The summed E-state index contributed by atoms with van der Waals surface area (Å²) >= 11 is 0. The maximum atomic E-state index is 12.5. The van der Waals surface area contributed by atoms with Crippen LogP contribution in [-0.2, 0) is 9.09 Å². The summed E-state index contributed by atoms with van der Waals surface area (Å²) in [6, 6.07) is 0. The van der Waals surface area contributed by atoms with Crippen LogP contribution in [0, 0.1) is 0 Å². The molecule has 0 saturated heterocycles. The molecule has 0 heterocycles. The van der Waals surface area contributed by atoms with Crippen LogP contribution in [0.15, 0.2) is 12.2 Å². The minimum atomic E-state index is -3.55. The number of quaternary nitrogens is 1. The molecule has 0 spiro atoms. The zero-order chi connectivity index (χ0) is 22.7. The SMILES string of the molecule is C/C=C\CCCCCCCCCCCCCCCCOP(=O)(O)C(CC)[N+](C)(C)C. The standard InChI is InChI=1S/C25H52NO3P/c1-6-8-9-10-11-12-13-14-15-16-17-18-19-20-21-22-23-24-29-30(27,28)25(7-2)26(3,4)5/h6,8,25H,7,9-24H2,1-5H3/p+1/b8-6-. The fraction of sp³-hybridized carbons (Fsp3) is 0.920. The molecule has 180 valence electrons. The Morgan fingerprint density at radius 3 is 1.57 bits per heavy atom. The van der Waals surface area contributed by atoms with Crippen molar-refractivity contribution in [3.05, 3.63) is 12.2 Å². The minimum Gasteiger partial charge on any atom is -0.320 e. The van der Waals surface area contributed by atoms with Gasteiger partial charge in [0.15, 0.2) is 5.78 Å². The lowest BCUT2D eigenvalue weighted by atomic mass is 10.0. The van der Waals surface area contributed by atoms with Gasteiger partial charge in [0.2, 0.25) is 0 Å². The van der Waals surface area contributed by atoms with Gasteiger partial charge in [0.25, 0.3) is 0 Å². The van der Waals surface area contributed by atoms with E-state index < -0.39 is 7.60 Å². The van der Waals surface area contributed by atoms with Crippen molar-refractivity contribution in [2.45, 2.75) is 122 Å². The third kappa shape index (κ3) is 16.5. The van der Waals surface area contributed by atoms with Crippen LogP contribution in [0.1, 0.15) is 117 Å². The summed E-state index contributed by atoms with van der Waals surface area (Å²) in [6.45, 7) is 4.45. The van der Waals surface area contributed by atoms with Crippen LogP contribution in [0.5, 0.6) is 0 Å². The maximum Gasteiger partial charge on any atom is 0.385 e. The average Bonchev–Trinajstić information content (AvgIpc) is 2.66. The molecule has 0 aliphatic carbocycles. The van der Waals surface area contributed by atoms with Crippen LogP contribution in [-0.4, -0.2) is 42.9 Å². The topological polar surface area (TPSA) is 46.5 Å².